The molecule has 15 nitrogen and oxygen atoms in total. The molecule has 0 bridgehead atoms. The first-order valence-electron chi connectivity index (χ1n) is 14.7. The van der Waals surface area contributed by atoms with E-state index in [2.05, 4.69) is 19.9 Å². The number of hydrogen-bond donors (Lipinski definition) is 0. The second-order valence-corrected chi connectivity index (χ2v) is 15.4. The van der Waals surface area contributed by atoms with Crippen molar-refractivity contribution in [3.63, 3.8) is 0 Å². The van der Waals surface area contributed by atoms with Crippen LogP contribution in [-0.4, -0.2) is 140 Å². The van der Waals surface area contributed by atoms with E-state index in [-0.39, 0.29) is 49.3 Å². The number of piperazine rings is 1. The fraction of sp³-hybridized carbons (Fsp3) is 0.615. The van der Waals surface area contributed by atoms with Crippen LogP contribution in [0.2, 0.25) is 0 Å². The van der Waals surface area contributed by atoms with Gasteiger partial charge in [0, 0.05) is 58.9 Å². The summed E-state index contributed by atoms with van der Waals surface area (Å²) in [4.78, 5) is 29.3. The van der Waals surface area contributed by atoms with E-state index in [1.165, 1.54) is 4.31 Å². The third kappa shape index (κ3) is 7.43. The fourth-order valence-electron chi connectivity index (χ4n) is 5.44. The topological polar surface area (TPSA) is 156 Å². The lowest BCUT2D eigenvalue weighted by Gasteiger charge is -2.35. The molecule has 0 radical (unpaired) electrons. The van der Waals surface area contributed by atoms with Gasteiger partial charge in [-0.1, -0.05) is 12.1 Å². The summed E-state index contributed by atoms with van der Waals surface area (Å²) >= 11 is 0. The molecule has 0 spiro atoms. The quantitative estimate of drug-likeness (QED) is 0.280. The van der Waals surface area contributed by atoms with Crippen LogP contribution < -0.4 is 14.6 Å². The highest BCUT2D eigenvalue weighted by Gasteiger charge is 2.30. The van der Waals surface area contributed by atoms with Gasteiger partial charge >= 0.3 is 0 Å². The molecule has 3 fully saturated rings. The van der Waals surface area contributed by atoms with E-state index < -0.39 is 32.1 Å². The number of nitrogens with zero attached hydrogens (tertiary/aromatic N) is 9. The predicted molar refractivity (Wildman–Crippen MR) is 160 cm³/mol. The minimum atomic E-state index is -3.56. The Labute approximate surface area is 259 Å². The Bertz CT molecular complexity index is 1700. The Balaban J connectivity index is 1.15. The van der Waals surface area contributed by atoms with E-state index in [1.807, 2.05) is 14.7 Å². The minimum absolute atomic E-state index is 0.0451. The molecule has 5 heterocycles. The lowest BCUT2D eigenvalue weighted by molar-refractivity contribution is 0.0560. The molecule has 3 aliphatic heterocycles. The number of sulfonamides is 1. The summed E-state index contributed by atoms with van der Waals surface area (Å²) in [5.41, 5.74) is 0.757. The predicted octanol–water partition coefficient (Wildman–Crippen LogP) is -0.193. The normalized spacial score (nSPS) is 20.2. The summed E-state index contributed by atoms with van der Waals surface area (Å²) in [6.45, 7) is 3.92. The van der Waals surface area contributed by atoms with Crippen molar-refractivity contribution in [1.82, 2.24) is 33.9 Å². The Morgan fingerprint density at radius 2 is 1.51 bits per heavy atom. The number of halogens is 2. The number of anilines is 2. The highest BCUT2D eigenvalue weighted by molar-refractivity contribution is 7.91. The van der Waals surface area contributed by atoms with Crippen LogP contribution in [0.1, 0.15) is 18.1 Å². The zero-order chi connectivity index (χ0) is 31.6. The van der Waals surface area contributed by atoms with Crippen LogP contribution >= 0.6 is 0 Å². The first-order chi connectivity index (χ1) is 21.6. The van der Waals surface area contributed by atoms with Gasteiger partial charge in [0.25, 0.3) is 6.43 Å². The number of aromatic nitrogens is 5. The van der Waals surface area contributed by atoms with Crippen LogP contribution in [0, 0.1) is 0 Å². The molecule has 3 saturated heterocycles. The number of ether oxygens (including phenoxy) is 1. The van der Waals surface area contributed by atoms with Crippen molar-refractivity contribution in [2.45, 2.75) is 13.0 Å². The molecule has 0 N–H and O–H groups in total. The lowest BCUT2D eigenvalue weighted by atomic mass is 10.3. The van der Waals surface area contributed by atoms with Crippen molar-refractivity contribution >= 4 is 42.8 Å². The third-order valence-corrected chi connectivity index (χ3v) is 11.5. The monoisotopic (exact) mass is 671 g/mol. The lowest BCUT2D eigenvalue weighted by Crippen LogP contribution is -2.51. The first kappa shape index (κ1) is 31.7. The van der Waals surface area contributed by atoms with Gasteiger partial charge in [0.15, 0.2) is 22.3 Å². The van der Waals surface area contributed by atoms with E-state index in [0.29, 0.717) is 75.4 Å². The van der Waals surface area contributed by atoms with E-state index in [4.69, 9.17) is 9.57 Å². The SMILES string of the molecule is O=S1(=O)CCN(CCS(=O)(=O)N2CCN(c3nc(COn4c(C(F)F)nc5ccccc54)nc(N4CCOCC4)n3)CC2)CC1. The van der Waals surface area contributed by atoms with Crippen molar-refractivity contribution < 1.29 is 35.2 Å². The molecule has 0 amide bonds. The van der Waals surface area contributed by atoms with Crippen LogP contribution in [0.5, 0.6) is 0 Å². The summed E-state index contributed by atoms with van der Waals surface area (Å²) in [5, 5.41) is 0. The number of fused-ring (bicyclic) bond motifs is 1. The van der Waals surface area contributed by atoms with E-state index in [9.17, 15) is 25.6 Å². The van der Waals surface area contributed by atoms with Gasteiger partial charge in [-0.05, 0) is 12.1 Å². The molecule has 19 heteroatoms. The van der Waals surface area contributed by atoms with Gasteiger partial charge in [0.2, 0.25) is 27.7 Å². The third-order valence-electron chi connectivity index (χ3n) is 8.03. The van der Waals surface area contributed by atoms with Crippen LogP contribution in [0.4, 0.5) is 20.7 Å². The summed E-state index contributed by atoms with van der Waals surface area (Å²) in [5.74, 6) is 0.420. The molecule has 246 valence electrons. The van der Waals surface area contributed by atoms with E-state index >= 15 is 0 Å². The summed E-state index contributed by atoms with van der Waals surface area (Å²) in [6, 6.07) is 6.67. The number of benzene rings is 1. The van der Waals surface area contributed by atoms with Crippen LogP contribution in [0.25, 0.3) is 11.0 Å². The molecular formula is C26H35F2N9O6S2. The zero-order valence-corrected chi connectivity index (χ0v) is 26.2. The maximum Gasteiger partial charge on any atom is 0.298 e. The highest BCUT2D eigenvalue weighted by Crippen LogP contribution is 2.24. The van der Waals surface area contributed by atoms with E-state index in [1.54, 1.807) is 24.3 Å². The number of morpholine rings is 1. The van der Waals surface area contributed by atoms with Gasteiger partial charge in [0.1, 0.15) is 5.52 Å². The average molecular weight is 672 g/mol. The fourth-order valence-corrected chi connectivity index (χ4v) is 8.18. The summed E-state index contributed by atoms with van der Waals surface area (Å²) in [7, 11) is -6.60. The smallest absolute Gasteiger partial charge is 0.298 e. The average Bonchev–Trinajstić information content (AvgIpc) is 3.43. The van der Waals surface area contributed by atoms with Crippen molar-refractivity contribution in [2.24, 2.45) is 0 Å². The second kappa shape index (κ2) is 13.2. The zero-order valence-electron chi connectivity index (χ0n) is 24.5. The number of para-hydroxylation sites is 2. The maximum atomic E-state index is 13.8. The molecule has 0 saturated carbocycles. The number of imidazole rings is 1. The summed E-state index contributed by atoms with van der Waals surface area (Å²) < 4.78 is 85.1. The van der Waals surface area contributed by atoms with Gasteiger partial charge < -0.3 is 24.3 Å². The molecular weight excluding hydrogens is 636 g/mol. The molecule has 3 aliphatic rings. The molecule has 0 aliphatic carbocycles. The minimum Gasteiger partial charge on any atom is -0.404 e. The molecule has 3 aromatic rings. The van der Waals surface area contributed by atoms with Gasteiger partial charge in [-0.15, -0.1) is 0 Å². The summed E-state index contributed by atoms with van der Waals surface area (Å²) in [6.07, 6.45) is -2.86. The standard InChI is InChI=1S/C26H35F2N9O6S2/c27-23(28)24-29-20-3-1-2-4-21(20)37(24)43-19-22-30-25(32-26(31-22)35-9-14-42-15-10-35)34-5-7-36(8-6-34)45(40,41)18-13-33-11-16-44(38,39)17-12-33/h1-4,23H,5-19H2. The molecule has 1 aromatic carbocycles. The van der Waals surface area contributed by atoms with Crippen LogP contribution in [0.15, 0.2) is 24.3 Å². The largest absolute Gasteiger partial charge is 0.404 e. The van der Waals surface area contributed by atoms with Crippen molar-refractivity contribution in [3.8, 4) is 0 Å². The van der Waals surface area contributed by atoms with Crippen LogP contribution in [-0.2, 0) is 31.2 Å². The van der Waals surface area contributed by atoms with Crippen LogP contribution in [0.3, 0.4) is 0 Å². The Hall–Kier alpha value is -3.26. The van der Waals surface area contributed by atoms with Crippen molar-refractivity contribution in [1.29, 1.82) is 0 Å². The number of sulfone groups is 1. The molecule has 2 aromatic heterocycles. The molecule has 0 atom stereocenters. The van der Waals surface area contributed by atoms with Gasteiger partial charge in [0.05, 0.1) is 36.0 Å². The number of hydrogen-bond acceptors (Lipinski definition) is 13. The van der Waals surface area contributed by atoms with E-state index in [0.717, 1.165) is 4.73 Å². The molecule has 45 heavy (non-hydrogen) atoms. The number of rotatable bonds is 10. The Kier molecular flexibility index (Phi) is 9.32. The highest BCUT2D eigenvalue weighted by atomic mass is 32.2. The Morgan fingerprint density at radius 1 is 0.867 bits per heavy atom. The van der Waals surface area contributed by atoms with Gasteiger partial charge in [-0.3, -0.25) is 0 Å². The van der Waals surface area contributed by atoms with Crippen molar-refractivity contribution in [3.05, 3.63) is 35.9 Å². The second-order valence-electron chi connectivity index (χ2n) is 11.0. The maximum absolute atomic E-state index is 13.8. The first-order valence-corrected chi connectivity index (χ1v) is 18.1. The number of alkyl halides is 2. The molecule has 6 rings (SSSR count). The molecule has 0 unspecified atom stereocenters. The van der Waals surface area contributed by atoms with Gasteiger partial charge in [-0.2, -0.15) is 24.0 Å². The Morgan fingerprint density at radius 3 is 2.18 bits per heavy atom. The van der Waals surface area contributed by atoms with Crippen molar-refractivity contribution in [2.75, 3.05) is 99.2 Å². The van der Waals surface area contributed by atoms with Gasteiger partial charge in [-0.25, -0.2) is 30.6 Å².